The molecule has 0 aliphatic rings. The van der Waals surface area contributed by atoms with Gasteiger partial charge in [-0.1, -0.05) is 11.6 Å². The van der Waals surface area contributed by atoms with E-state index in [-0.39, 0.29) is 11.7 Å². The van der Waals surface area contributed by atoms with Gasteiger partial charge < -0.3 is 4.74 Å². The minimum Gasteiger partial charge on any atom is -0.497 e. The third-order valence-electron chi connectivity index (χ3n) is 3.20. The average molecular weight is 325 g/mol. The fraction of sp³-hybridized carbons (Fsp3) is 0.133. The molecule has 0 atom stereocenters. The van der Waals surface area contributed by atoms with Crippen LogP contribution >= 0.6 is 23.2 Å². The number of aromatic nitrogens is 2. The number of ether oxygens (including phenoxy) is 1. The molecule has 108 valence electrons. The number of hydrogen-bond acceptors (Lipinski definition) is 2. The highest BCUT2D eigenvalue weighted by Gasteiger charge is 2.15. The van der Waals surface area contributed by atoms with Crippen LogP contribution in [0.1, 0.15) is 5.82 Å². The van der Waals surface area contributed by atoms with Crippen molar-refractivity contribution in [3.05, 3.63) is 53.1 Å². The van der Waals surface area contributed by atoms with Crippen molar-refractivity contribution in [2.24, 2.45) is 0 Å². The fourth-order valence-electron chi connectivity index (χ4n) is 2.25. The zero-order valence-electron chi connectivity index (χ0n) is 11.1. The Morgan fingerprint density at radius 3 is 2.76 bits per heavy atom. The molecular formula is C15H11Cl2FN2O. The van der Waals surface area contributed by atoms with Crippen molar-refractivity contribution in [1.29, 1.82) is 0 Å². The molecule has 3 aromatic rings. The van der Waals surface area contributed by atoms with E-state index in [0.717, 1.165) is 0 Å². The van der Waals surface area contributed by atoms with Crippen LogP contribution in [0.3, 0.4) is 0 Å². The van der Waals surface area contributed by atoms with E-state index in [9.17, 15) is 4.39 Å². The van der Waals surface area contributed by atoms with Crippen LogP contribution in [-0.2, 0) is 5.88 Å². The first-order valence-electron chi connectivity index (χ1n) is 6.21. The fourth-order valence-corrected chi connectivity index (χ4v) is 2.63. The minimum atomic E-state index is -0.344. The number of nitrogens with zero attached hydrogens (tertiary/aromatic N) is 2. The number of methoxy groups -OCH3 is 1. The second-order valence-electron chi connectivity index (χ2n) is 4.45. The summed E-state index contributed by atoms with van der Waals surface area (Å²) >= 11 is 12.2. The molecule has 3 rings (SSSR count). The molecule has 0 radical (unpaired) electrons. The second-order valence-corrected chi connectivity index (χ2v) is 5.12. The topological polar surface area (TPSA) is 27.1 Å². The molecule has 1 aromatic heterocycles. The SMILES string of the molecule is COc1ccc(Cl)c(-n2c(CCl)nc3ccc(F)cc32)c1. The van der Waals surface area contributed by atoms with Crippen LogP contribution in [0.15, 0.2) is 36.4 Å². The second kappa shape index (κ2) is 5.54. The standard InChI is InChI=1S/C15H11Cl2FN2O/c1-21-10-3-4-11(17)13(7-10)20-14-6-9(18)2-5-12(14)19-15(20)8-16/h2-7H,8H2,1H3. The number of alkyl halides is 1. The highest BCUT2D eigenvalue weighted by Crippen LogP contribution is 2.30. The summed E-state index contributed by atoms with van der Waals surface area (Å²) in [4.78, 5) is 4.41. The van der Waals surface area contributed by atoms with Gasteiger partial charge in [-0.05, 0) is 24.3 Å². The lowest BCUT2D eigenvalue weighted by molar-refractivity contribution is 0.414. The Morgan fingerprint density at radius 1 is 1.24 bits per heavy atom. The summed E-state index contributed by atoms with van der Waals surface area (Å²) in [6.45, 7) is 0. The van der Waals surface area contributed by atoms with E-state index < -0.39 is 0 Å². The molecule has 0 spiro atoms. The van der Waals surface area contributed by atoms with E-state index in [2.05, 4.69) is 4.98 Å². The van der Waals surface area contributed by atoms with Gasteiger partial charge in [-0.15, -0.1) is 11.6 Å². The Morgan fingerprint density at radius 2 is 2.05 bits per heavy atom. The first kappa shape index (κ1) is 14.2. The van der Waals surface area contributed by atoms with Gasteiger partial charge in [0.2, 0.25) is 0 Å². The number of fused-ring (bicyclic) bond motifs is 1. The molecule has 0 unspecified atom stereocenters. The first-order chi connectivity index (χ1) is 10.1. The summed E-state index contributed by atoms with van der Waals surface area (Å²) in [5.41, 5.74) is 1.92. The van der Waals surface area contributed by atoms with Crippen LogP contribution in [0.25, 0.3) is 16.7 Å². The van der Waals surface area contributed by atoms with E-state index in [1.807, 2.05) is 0 Å². The number of benzene rings is 2. The van der Waals surface area contributed by atoms with Gasteiger partial charge in [0.15, 0.2) is 0 Å². The van der Waals surface area contributed by atoms with Crippen LogP contribution in [0, 0.1) is 5.82 Å². The van der Waals surface area contributed by atoms with Crippen LogP contribution in [0.5, 0.6) is 5.75 Å². The highest BCUT2D eigenvalue weighted by atomic mass is 35.5. The third-order valence-corrected chi connectivity index (χ3v) is 3.76. The van der Waals surface area contributed by atoms with Crippen LogP contribution < -0.4 is 4.74 Å². The molecule has 0 saturated carbocycles. The van der Waals surface area contributed by atoms with Crippen molar-refractivity contribution < 1.29 is 9.13 Å². The highest BCUT2D eigenvalue weighted by molar-refractivity contribution is 6.32. The molecule has 6 heteroatoms. The number of rotatable bonds is 3. The van der Waals surface area contributed by atoms with Gasteiger partial charge in [-0.25, -0.2) is 9.37 Å². The van der Waals surface area contributed by atoms with Crippen molar-refractivity contribution in [2.45, 2.75) is 5.88 Å². The maximum Gasteiger partial charge on any atom is 0.129 e. The quantitative estimate of drug-likeness (QED) is 0.660. The van der Waals surface area contributed by atoms with Crippen molar-refractivity contribution in [2.75, 3.05) is 7.11 Å². The predicted molar refractivity (Wildman–Crippen MR) is 82.1 cm³/mol. The van der Waals surface area contributed by atoms with Gasteiger partial charge in [0.05, 0.1) is 34.7 Å². The third kappa shape index (κ3) is 2.45. The lowest BCUT2D eigenvalue weighted by atomic mass is 10.2. The zero-order valence-corrected chi connectivity index (χ0v) is 12.6. The van der Waals surface area contributed by atoms with Gasteiger partial charge in [-0.3, -0.25) is 4.57 Å². The molecule has 1 heterocycles. The van der Waals surface area contributed by atoms with Crippen LogP contribution in [0.2, 0.25) is 5.02 Å². The molecule has 0 bridgehead atoms. The van der Waals surface area contributed by atoms with E-state index in [1.54, 1.807) is 35.9 Å². The Labute approximate surface area is 130 Å². The largest absolute Gasteiger partial charge is 0.497 e. The average Bonchev–Trinajstić information content (AvgIpc) is 2.85. The van der Waals surface area contributed by atoms with Gasteiger partial charge >= 0.3 is 0 Å². The van der Waals surface area contributed by atoms with E-state index in [4.69, 9.17) is 27.9 Å². The molecule has 0 fully saturated rings. The molecule has 2 aromatic carbocycles. The van der Waals surface area contributed by atoms with Crippen molar-refractivity contribution in [3.63, 3.8) is 0 Å². The maximum absolute atomic E-state index is 13.6. The monoisotopic (exact) mass is 324 g/mol. The van der Waals surface area contributed by atoms with Crippen molar-refractivity contribution in [3.8, 4) is 11.4 Å². The van der Waals surface area contributed by atoms with E-state index in [1.165, 1.54) is 12.1 Å². The summed E-state index contributed by atoms with van der Waals surface area (Å²) in [5.74, 6) is 1.08. The summed E-state index contributed by atoms with van der Waals surface area (Å²) < 4.78 is 20.5. The lowest BCUT2D eigenvalue weighted by Crippen LogP contribution is -2.01. The first-order valence-corrected chi connectivity index (χ1v) is 7.12. The van der Waals surface area contributed by atoms with E-state index >= 15 is 0 Å². The normalized spacial score (nSPS) is 11.0. The molecule has 0 aliphatic carbocycles. The molecule has 0 saturated heterocycles. The van der Waals surface area contributed by atoms with Gasteiger partial charge in [0, 0.05) is 12.1 Å². The van der Waals surface area contributed by atoms with Gasteiger partial charge in [-0.2, -0.15) is 0 Å². The predicted octanol–water partition coefficient (Wildman–Crippen LogP) is 4.57. The number of hydrogen-bond donors (Lipinski definition) is 0. The Hall–Kier alpha value is -1.78. The van der Waals surface area contributed by atoms with Crippen molar-refractivity contribution in [1.82, 2.24) is 9.55 Å². The van der Waals surface area contributed by atoms with Crippen LogP contribution in [-0.4, -0.2) is 16.7 Å². The van der Waals surface area contributed by atoms with Crippen molar-refractivity contribution >= 4 is 34.2 Å². The van der Waals surface area contributed by atoms with E-state index in [0.29, 0.717) is 33.3 Å². The summed E-state index contributed by atoms with van der Waals surface area (Å²) in [6.07, 6.45) is 0. The van der Waals surface area contributed by atoms with Gasteiger partial charge in [0.1, 0.15) is 17.4 Å². The number of imidazole rings is 1. The molecular weight excluding hydrogens is 314 g/mol. The Balaban J connectivity index is 2.35. The van der Waals surface area contributed by atoms with Gasteiger partial charge in [0.25, 0.3) is 0 Å². The molecule has 0 aliphatic heterocycles. The Kier molecular flexibility index (Phi) is 3.74. The molecule has 3 nitrogen and oxygen atoms in total. The zero-order chi connectivity index (χ0) is 15.0. The number of halogens is 3. The summed E-state index contributed by atoms with van der Waals surface area (Å²) in [7, 11) is 1.57. The molecule has 0 amide bonds. The summed E-state index contributed by atoms with van der Waals surface area (Å²) in [5, 5.41) is 0.505. The molecule has 21 heavy (non-hydrogen) atoms. The minimum absolute atomic E-state index is 0.184. The summed E-state index contributed by atoms with van der Waals surface area (Å²) in [6, 6.07) is 9.64. The van der Waals surface area contributed by atoms with Crippen LogP contribution in [0.4, 0.5) is 4.39 Å². The molecule has 0 N–H and O–H groups in total. The Bertz CT molecular complexity index is 817. The lowest BCUT2D eigenvalue weighted by Gasteiger charge is -2.11. The maximum atomic E-state index is 13.6. The smallest absolute Gasteiger partial charge is 0.129 e.